The average Bonchev–Trinajstić information content (AvgIpc) is 3.13. The molecule has 2 saturated carbocycles. The van der Waals surface area contributed by atoms with Gasteiger partial charge in [-0.05, 0) is 56.9 Å². The van der Waals surface area contributed by atoms with Gasteiger partial charge in [0.25, 0.3) is 0 Å². The van der Waals surface area contributed by atoms with Crippen molar-refractivity contribution in [1.82, 2.24) is 10.6 Å². The molecule has 0 heterocycles. The third-order valence-corrected chi connectivity index (χ3v) is 4.55. The molecule has 3 heteroatoms. The number of nitrogens with one attached hydrogen (secondary N) is 2. The molecule has 3 unspecified atom stereocenters. The minimum Gasteiger partial charge on any atom is -0.353 e. The first-order valence-electron chi connectivity index (χ1n) is 7.68. The van der Waals surface area contributed by atoms with E-state index in [0.717, 1.165) is 24.8 Å². The Morgan fingerprint density at radius 2 is 1.78 bits per heavy atom. The number of amides is 1. The molecule has 2 aliphatic rings. The van der Waals surface area contributed by atoms with E-state index < -0.39 is 0 Å². The molecule has 18 heavy (non-hydrogen) atoms. The van der Waals surface area contributed by atoms with Crippen LogP contribution in [0.5, 0.6) is 0 Å². The largest absolute Gasteiger partial charge is 0.353 e. The predicted molar refractivity (Wildman–Crippen MR) is 74.4 cm³/mol. The number of carbonyl (C=O) groups excluding carboxylic acids is 1. The van der Waals surface area contributed by atoms with Crippen molar-refractivity contribution in [2.24, 2.45) is 11.8 Å². The van der Waals surface area contributed by atoms with E-state index in [2.05, 4.69) is 24.5 Å². The highest BCUT2D eigenvalue weighted by Gasteiger charge is 2.24. The summed E-state index contributed by atoms with van der Waals surface area (Å²) in [6.45, 7) is 5.72. The van der Waals surface area contributed by atoms with Gasteiger partial charge in [0.2, 0.25) is 5.91 Å². The second kappa shape index (κ2) is 6.55. The van der Waals surface area contributed by atoms with Crippen LogP contribution in [0.15, 0.2) is 0 Å². The van der Waals surface area contributed by atoms with Gasteiger partial charge in [-0.1, -0.05) is 13.8 Å². The van der Waals surface area contributed by atoms with E-state index in [9.17, 15) is 4.79 Å². The summed E-state index contributed by atoms with van der Waals surface area (Å²) in [4.78, 5) is 11.5. The fraction of sp³-hybridized carbons (Fsp3) is 0.933. The Labute approximate surface area is 111 Å². The van der Waals surface area contributed by atoms with Gasteiger partial charge in [0, 0.05) is 18.5 Å². The zero-order valence-electron chi connectivity index (χ0n) is 11.9. The molecular formula is C15H28N2O. The molecule has 0 saturated heterocycles. The lowest BCUT2D eigenvalue weighted by Gasteiger charge is -2.32. The molecule has 3 nitrogen and oxygen atoms in total. The van der Waals surface area contributed by atoms with Crippen LogP contribution in [0, 0.1) is 11.8 Å². The molecule has 0 radical (unpaired) electrons. The number of hydrogen-bond donors (Lipinski definition) is 2. The normalized spacial score (nSPS) is 32.2. The minimum absolute atomic E-state index is 0.241. The fourth-order valence-electron chi connectivity index (χ4n) is 2.82. The molecule has 2 fully saturated rings. The van der Waals surface area contributed by atoms with Crippen molar-refractivity contribution < 1.29 is 4.79 Å². The van der Waals surface area contributed by atoms with Crippen molar-refractivity contribution >= 4 is 5.91 Å². The zero-order chi connectivity index (χ0) is 13.0. The van der Waals surface area contributed by atoms with Crippen LogP contribution >= 0.6 is 0 Å². The third kappa shape index (κ3) is 4.60. The van der Waals surface area contributed by atoms with Crippen molar-refractivity contribution in [2.45, 2.75) is 70.9 Å². The van der Waals surface area contributed by atoms with Crippen LogP contribution in [0.2, 0.25) is 0 Å². The first kappa shape index (κ1) is 13.9. The van der Waals surface area contributed by atoms with Crippen molar-refractivity contribution in [3.63, 3.8) is 0 Å². The number of rotatable bonds is 6. The SMILES string of the molecule is CC1CCC(NCCCC(=O)NC2CC2)CC1C. The van der Waals surface area contributed by atoms with Gasteiger partial charge >= 0.3 is 0 Å². The molecule has 2 rings (SSSR count). The van der Waals surface area contributed by atoms with Crippen LogP contribution in [-0.2, 0) is 4.79 Å². The van der Waals surface area contributed by atoms with Gasteiger partial charge in [0.05, 0.1) is 0 Å². The summed E-state index contributed by atoms with van der Waals surface area (Å²) >= 11 is 0. The lowest BCUT2D eigenvalue weighted by molar-refractivity contribution is -0.121. The van der Waals surface area contributed by atoms with Gasteiger partial charge in [0.15, 0.2) is 0 Å². The Kier molecular flexibility index (Phi) is 5.04. The highest BCUT2D eigenvalue weighted by molar-refractivity contribution is 5.76. The molecular weight excluding hydrogens is 224 g/mol. The molecule has 0 bridgehead atoms. The Balaban J connectivity index is 1.51. The van der Waals surface area contributed by atoms with Gasteiger partial charge in [-0.3, -0.25) is 4.79 Å². The van der Waals surface area contributed by atoms with E-state index in [1.807, 2.05) is 0 Å². The first-order valence-corrected chi connectivity index (χ1v) is 7.68. The van der Waals surface area contributed by atoms with Gasteiger partial charge in [-0.2, -0.15) is 0 Å². The fourth-order valence-corrected chi connectivity index (χ4v) is 2.82. The van der Waals surface area contributed by atoms with Gasteiger partial charge in [0.1, 0.15) is 0 Å². The summed E-state index contributed by atoms with van der Waals surface area (Å²) in [7, 11) is 0. The van der Waals surface area contributed by atoms with Gasteiger partial charge in [-0.15, -0.1) is 0 Å². The van der Waals surface area contributed by atoms with Crippen molar-refractivity contribution in [1.29, 1.82) is 0 Å². The number of hydrogen-bond acceptors (Lipinski definition) is 2. The zero-order valence-corrected chi connectivity index (χ0v) is 11.9. The lowest BCUT2D eigenvalue weighted by atomic mass is 9.79. The average molecular weight is 252 g/mol. The quantitative estimate of drug-likeness (QED) is 0.713. The monoisotopic (exact) mass is 252 g/mol. The molecule has 0 aliphatic heterocycles. The smallest absolute Gasteiger partial charge is 0.220 e. The minimum atomic E-state index is 0.241. The second-order valence-electron chi connectivity index (χ2n) is 6.36. The third-order valence-electron chi connectivity index (χ3n) is 4.55. The van der Waals surface area contributed by atoms with Crippen LogP contribution in [0.3, 0.4) is 0 Å². The topological polar surface area (TPSA) is 41.1 Å². The van der Waals surface area contributed by atoms with Crippen LogP contribution in [0.25, 0.3) is 0 Å². The summed E-state index contributed by atoms with van der Waals surface area (Å²) in [5.41, 5.74) is 0. The molecule has 0 aromatic rings. The summed E-state index contributed by atoms with van der Waals surface area (Å²) in [5.74, 6) is 1.96. The molecule has 2 N–H and O–H groups in total. The van der Waals surface area contributed by atoms with Crippen LogP contribution < -0.4 is 10.6 Å². The second-order valence-corrected chi connectivity index (χ2v) is 6.36. The number of carbonyl (C=O) groups is 1. The van der Waals surface area contributed by atoms with Crippen molar-refractivity contribution in [3.05, 3.63) is 0 Å². The van der Waals surface area contributed by atoms with Crippen LogP contribution in [0.1, 0.15) is 58.8 Å². The Hall–Kier alpha value is -0.570. The Bertz CT molecular complexity index is 276. The molecule has 0 spiro atoms. The maximum atomic E-state index is 11.5. The van der Waals surface area contributed by atoms with Crippen molar-refractivity contribution in [3.8, 4) is 0 Å². The standard InChI is InChI=1S/C15H28N2O/c1-11-5-6-14(10-12(11)2)16-9-3-4-15(18)17-13-7-8-13/h11-14,16H,3-10H2,1-2H3,(H,17,18). The maximum absolute atomic E-state index is 11.5. The van der Waals surface area contributed by atoms with Crippen LogP contribution in [0.4, 0.5) is 0 Å². The molecule has 0 aromatic heterocycles. The van der Waals surface area contributed by atoms with Gasteiger partial charge < -0.3 is 10.6 Å². The van der Waals surface area contributed by atoms with E-state index >= 15 is 0 Å². The van der Waals surface area contributed by atoms with E-state index in [4.69, 9.17) is 0 Å². The van der Waals surface area contributed by atoms with Gasteiger partial charge in [-0.25, -0.2) is 0 Å². The molecule has 3 atom stereocenters. The maximum Gasteiger partial charge on any atom is 0.220 e. The van der Waals surface area contributed by atoms with Crippen molar-refractivity contribution in [2.75, 3.05) is 6.54 Å². The summed E-state index contributed by atoms with van der Waals surface area (Å²) in [6.07, 6.45) is 7.97. The summed E-state index contributed by atoms with van der Waals surface area (Å²) < 4.78 is 0. The Morgan fingerprint density at radius 1 is 1.06 bits per heavy atom. The van der Waals surface area contributed by atoms with E-state index in [1.54, 1.807) is 0 Å². The molecule has 0 aromatic carbocycles. The summed E-state index contributed by atoms with van der Waals surface area (Å²) in [6, 6.07) is 1.19. The molecule has 104 valence electrons. The predicted octanol–water partition coefficient (Wildman–Crippen LogP) is 2.46. The molecule has 2 aliphatic carbocycles. The van der Waals surface area contributed by atoms with Crippen LogP contribution in [-0.4, -0.2) is 24.5 Å². The highest BCUT2D eigenvalue weighted by atomic mass is 16.1. The highest BCUT2D eigenvalue weighted by Crippen LogP contribution is 2.29. The summed E-state index contributed by atoms with van der Waals surface area (Å²) in [5, 5.41) is 6.66. The van der Waals surface area contributed by atoms with E-state index in [-0.39, 0.29) is 5.91 Å². The van der Waals surface area contributed by atoms with E-state index in [1.165, 1.54) is 32.1 Å². The Morgan fingerprint density at radius 3 is 2.44 bits per heavy atom. The first-order chi connectivity index (χ1) is 8.65. The lowest BCUT2D eigenvalue weighted by Crippen LogP contribution is -2.37. The van der Waals surface area contributed by atoms with E-state index in [0.29, 0.717) is 18.5 Å². The molecule has 1 amide bonds.